The van der Waals surface area contributed by atoms with Gasteiger partial charge in [-0.2, -0.15) is 0 Å². The summed E-state index contributed by atoms with van der Waals surface area (Å²) in [4.78, 5) is 16.2. The number of thiazole rings is 1. The van der Waals surface area contributed by atoms with Crippen LogP contribution in [0.4, 0.5) is 5.13 Å². The van der Waals surface area contributed by atoms with Gasteiger partial charge in [-0.3, -0.25) is 4.79 Å². The zero-order valence-corrected chi connectivity index (χ0v) is 10.4. The minimum absolute atomic E-state index is 0.256. The highest BCUT2D eigenvalue weighted by atomic mass is 32.1. The second-order valence-electron chi connectivity index (χ2n) is 4.79. The van der Waals surface area contributed by atoms with Crippen molar-refractivity contribution in [2.75, 3.05) is 5.73 Å². The van der Waals surface area contributed by atoms with E-state index in [0.29, 0.717) is 23.3 Å². The van der Waals surface area contributed by atoms with Crippen molar-refractivity contribution in [1.29, 1.82) is 0 Å². The highest BCUT2D eigenvalue weighted by Gasteiger charge is 2.25. The van der Waals surface area contributed by atoms with Gasteiger partial charge >= 0.3 is 0 Å². The molecule has 88 valence electrons. The fourth-order valence-corrected chi connectivity index (χ4v) is 3.02. The first-order chi connectivity index (χ1) is 7.65. The number of anilines is 1. The molecule has 1 fully saturated rings. The number of carbonyl (C=O) groups is 1. The molecule has 16 heavy (non-hydrogen) atoms. The molecular weight excluding hydrogens is 220 g/mol. The molecule has 0 spiro atoms. The van der Waals surface area contributed by atoms with Crippen molar-refractivity contribution in [3.05, 3.63) is 11.1 Å². The largest absolute Gasteiger partial charge is 0.375 e. The molecule has 1 aliphatic carbocycles. The Morgan fingerprint density at radius 2 is 2.44 bits per heavy atom. The summed E-state index contributed by atoms with van der Waals surface area (Å²) in [6.07, 6.45) is 5.04. The summed E-state index contributed by atoms with van der Waals surface area (Å²) in [5.41, 5.74) is 6.39. The van der Waals surface area contributed by atoms with Crippen molar-refractivity contribution in [1.82, 2.24) is 4.98 Å². The summed E-state index contributed by atoms with van der Waals surface area (Å²) >= 11 is 1.41. The van der Waals surface area contributed by atoms with Gasteiger partial charge in [-0.15, -0.1) is 11.3 Å². The van der Waals surface area contributed by atoms with Gasteiger partial charge in [0.25, 0.3) is 0 Å². The third kappa shape index (κ3) is 2.82. The summed E-state index contributed by atoms with van der Waals surface area (Å²) in [7, 11) is 0. The number of nitrogen functional groups attached to an aromatic ring is 1. The topological polar surface area (TPSA) is 56.0 Å². The monoisotopic (exact) mass is 238 g/mol. The number of hydrogen-bond donors (Lipinski definition) is 1. The first-order valence-electron chi connectivity index (χ1n) is 5.87. The van der Waals surface area contributed by atoms with Crippen LogP contribution in [0.15, 0.2) is 5.38 Å². The molecule has 2 unspecified atom stereocenters. The van der Waals surface area contributed by atoms with Gasteiger partial charge in [-0.05, 0) is 18.8 Å². The summed E-state index contributed by atoms with van der Waals surface area (Å²) in [6.45, 7) is 2.24. The van der Waals surface area contributed by atoms with Crippen LogP contribution in [0.5, 0.6) is 0 Å². The van der Waals surface area contributed by atoms with E-state index in [2.05, 4.69) is 11.9 Å². The minimum Gasteiger partial charge on any atom is -0.375 e. The van der Waals surface area contributed by atoms with Gasteiger partial charge in [-0.25, -0.2) is 4.98 Å². The van der Waals surface area contributed by atoms with Crippen molar-refractivity contribution < 1.29 is 4.79 Å². The average molecular weight is 238 g/mol. The fourth-order valence-electron chi connectivity index (χ4n) is 2.45. The van der Waals surface area contributed by atoms with Gasteiger partial charge in [0.1, 0.15) is 5.78 Å². The van der Waals surface area contributed by atoms with Crippen molar-refractivity contribution in [2.45, 2.75) is 39.0 Å². The fraction of sp³-hybridized carbons (Fsp3) is 0.667. The first kappa shape index (κ1) is 11.6. The smallest absolute Gasteiger partial charge is 0.180 e. The van der Waals surface area contributed by atoms with E-state index in [0.717, 1.165) is 18.5 Å². The number of carbonyl (C=O) groups excluding carboxylic acids is 1. The first-order valence-corrected chi connectivity index (χ1v) is 6.75. The number of Topliss-reactive ketones (excluding diaryl/α,β-unsaturated/α-hetero) is 1. The lowest BCUT2D eigenvalue weighted by molar-refractivity contribution is -0.123. The third-order valence-corrected chi connectivity index (χ3v) is 4.04. The standard InChI is InChI=1S/C12H18N2OS/c1-8-3-2-4-9(5-8)11(15)6-10-7-16-12(13)14-10/h7-9H,2-6H2,1H3,(H2,13,14). The van der Waals surface area contributed by atoms with Gasteiger partial charge < -0.3 is 5.73 Å². The number of hydrogen-bond acceptors (Lipinski definition) is 4. The van der Waals surface area contributed by atoms with Crippen LogP contribution in [-0.4, -0.2) is 10.8 Å². The molecule has 0 radical (unpaired) electrons. The molecule has 2 rings (SSSR count). The van der Waals surface area contributed by atoms with Crippen LogP contribution < -0.4 is 5.73 Å². The van der Waals surface area contributed by atoms with Gasteiger partial charge in [0, 0.05) is 17.7 Å². The molecule has 0 aromatic carbocycles. The highest BCUT2D eigenvalue weighted by molar-refractivity contribution is 7.13. The van der Waals surface area contributed by atoms with E-state index in [-0.39, 0.29) is 5.92 Å². The van der Waals surface area contributed by atoms with Gasteiger partial charge in [-0.1, -0.05) is 19.8 Å². The third-order valence-electron chi connectivity index (χ3n) is 3.32. The number of nitrogens with two attached hydrogens (primary N) is 1. The second-order valence-corrected chi connectivity index (χ2v) is 5.68. The SMILES string of the molecule is CC1CCCC(C(=O)Cc2csc(N)n2)C1. The minimum atomic E-state index is 0.256. The average Bonchev–Trinajstić information content (AvgIpc) is 2.64. The number of aromatic nitrogens is 1. The van der Waals surface area contributed by atoms with E-state index < -0.39 is 0 Å². The van der Waals surface area contributed by atoms with E-state index in [9.17, 15) is 4.79 Å². The molecule has 1 saturated carbocycles. The van der Waals surface area contributed by atoms with Gasteiger partial charge in [0.2, 0.25) is 0 Å². The van der Waals surface area contributed by atoms with Crippen molar-refractivity contribution in [3.63, 3.8) is 0 Å². The van der Waals surface area contributed by atoms with E-state index >= 15 is 0 Å². The molecule has 2 atom stereocenters. The van der Waals surface area contributed by atoms with Crippen molar-refractivity contribution in [2.24, 2.45) is 11.8 Å². The summed E-state index contributed by atoms with van der Waals surface area (Å²) in [5.74, 6) is 1.30. The molecule has 0 bridgehead atoms. The molecule has 2 N–H and O–H groups in total. The Kier molecular flexibility index (Phi) is 3.59. The molecule has 1 aromatic rings. The summed E-state index contributed by atoms with van der Waals surface area (Å²) < 4.78 is 0. The molecular formula is C12H18N2OS. The Morgan fingerprint density at radius 3 is 3.06 bits per heavy atom. The van der Waals surface area contributed by atoms with E-state index in [1.807, 2.05) is 5.38 Å². The predicted octanol–water partition coefficient (Wildman–Crippen LogP) is 2.66. The Balaban J connectivity index is 1.92. The van der Waals surface area contributed by atoms with E-state index in [4.69, 9.17) is 5.73 Å². The van der Waals surface area contributed by atoms with Crippen LogP contribution in [0.25, 0.3) is 0 Å². The zero-order chi connectivity index (χ0) is 11.5. The molecule has 3 nitrogen and oxygen atoms in total. The molecule has 0 saturated heterocycles. The van der Waals surface area contributed by atoms with E-state index in [1.165, 1.54) is 24.2 Å². The maximum Gasteiger partial charge on any atom is 0.180 e. The van der Waals surface area contributed by atoms with Crippen LogP contribution in [0.2, 0.25) is 0 Å². The highest BCUT2D eigenvalue weighted by Crippen LogP contribution is 2.30. The second kappa shape index (κ2) is 4.95. The van der Waals surface area contributed by atoms with Gasteiger partial charge in [0.05, 0.1) is 5.69 Å². The lowest BCUT2D eigenvalue weighted by Crippen LogP contribution is -2.23. The molecule has 1 aliphatic rings. The van der Waals surface area contributed by atoms with Gasteiger partial charge in [0.15, 0.2) is 5.13 Å². The molecule has 4 heteroatoms. The lowest BCUT2D eigenvalue weighted by Gasteiger charge is -2.25. The summed E-state index contributed by atoms with van der Waals surface area (Å²) in [5, 5.41) is 2.44. The maximum absolute atomic E-state index is 12.0. The van der Waals surface area contributed by atoms with Crippen LogP contribution in [0, 0.1) is 11.8 Å². The van der Waals surface area contributed by atoms with E-state index in [1.54, 1.807) is 0 Å². The normalized spacial score (nSPS) is 25.6. The zero-order valence-electron chi connectivity index (χ0n) is 9.61. The van der Waals surface area contributed by atoms with Crippen molar-refractivity contribution in [3.8, 4) is 0 Å². The van der Waals surface area contributed by atoms with Crippen molar-refractivity contribution >= 4 is 22.3 Å². The maximum atomic E-state index is 12.0. The number of ketones is 1. The van der Waals surface area contributed by atoms with Crippen LogP contribution >= 0.6 is 11.3 Å². The number of nitrogens with zero attached hydrogens (tertiary/aromatic N) is 1. The van der Waals surface area contributed by atoms with Crippen LogP contribution in [-0.2, 0) is 11.2 Å². The molecule has 0 amide bonds. The molecule has 1 aromatic heterocycles. The quantitative estimate of drug-likeness (QED) is 0.880. The Hall–Kier alpha value is -0.900. The predicted molar refractivity (Wildman–Crippen MR) is 66.4 cm³/mol. The summed E-state index contributed by atoms with van der Waals surface area (Å²) in [6, 6.07) is 0. The Morgan fingerprint density at radius 1 is 1.62 bits per heavy atom. The molecule has 0 aliphatic heterocycles. The molecule has 1 heterocycles. The number of rotatable bonds is 3. The van der Waals surface area contributed by atoms with Crippen LogP contribution in [0.3, 0.4) is 0 Å². The van der Waals surface area contributed by atoms with Crippen LogP contribution in [0.1, 0.15) is 38.3 Å². The lowest BCUT2D eigenvalue weighted by atomic mass is 9.79. The Labute approximate surface area is 100 Å². The Bertz CT molecular complexity index is 375.